The molecule has 0 N–H and O–H groups in total. The van der Waals surface area contributed by atoms with E-state index >= 15 is 0 Å². The highest BCUT2D eigenvalue weighted by Gasteiger charge is 2.37. The van der Waals surface area contributed by atoms with Crippen LogP contribution in [0, 0.1) is 35.5 Å². The van der Waals surface area contributed by atoms with Crippen molar-refractivity contribution >= 4 is 17.5 Å². The van der Waals surface area contributed by atoms with E-state index in [2.05, 4.69) is 0 Å². The molecule has 1 unspecified atom stereocenters. The molecule has 0 aliphatic carbocycles. The first-order valence-electron chi connectivity index (χ1n) is 7.96. The van der Waals surface area contributed by atoms with Crippen molar-refractivity contribution in [3.8, 4) is 12.1 Å². The van der Waals surface area contributed by atoms with E-state index in [0.29, 0.717) is 19.6 Å². The van der Waals surface area contributed by atoms with Crippen molar-refractivity contribution < 1.29 is 9.59 Å². The van der Waals surface area contributed by atoms with Crippen molar-refractivity contribution in [1.82, 2.24) is 4.90 Å². The second-order valence-electron chi connectivity index (χ2n) is 5.89. The number of carbonyl (C=O) groups is 2. The van der Waals surface area contributed by atoms with E-state index in [9.17, 15) is 9.59 Å². The van der Waals surface area contributed by atoms with Crippen LogP contribution in [-0.2, 0) is 9.59 Å². The van der Waals surface area contributed by atoms with Gasteiger partial charge in [0.15, 0.2) is 0 Å². The molecule has 0 spiro atoms. The molecule has 6 nitrogen and oxygen atoms in total. The average molecular weight is 324 g/mol. The average Bonchev–Trinajstić information content (AvgIpc) is 2.96. The number of carbonyl (C=O) groups excluding carboxylic acids is 2. The molecule has 0 bridgehead atoms. The predicted octanol–water partition coefficient (Wildman–Crippen LogP) is 2.00. The highest BCUT2D eigenvalue weighted by Crippen LogP contribution is 2.27. The zero-order valence-corrected chi connectivity index (χ0v) is 13.7. The lowest BCUT2D eigenvalue weighted by atomic mass is 10.1. The Morgan fingerprint density at radius 3 is 2.54 bits per heavy atom. The summed E-state index contributed by atoms with van der Waals surface area (Å²) in [7, 11) is 0. The van der Waals surface area contributed by atoms with E-state index in [-0.39, 0.29) is 31.1 Å². The van der Waals surface area contributed by atoms with Gasteiger partial charge in [-0.1, -0.05) is 12.1 Å². The molecular formula is C18H20N4O2. The highest BCUT2D eigenvalue weighted by atomic mass is 16.2. The van der Waals surface area contributed by atoms with Crippen LogP contribution in [0.1, 0.15) is 24.8 Å². The first kappa shape index (κ1) is 17.5. The SMILES string of the molecule is Cc1cccc(N2CC(C(=O)N(CCC#N)CCC#N)CC2=O)c1. The summed E-state index contributed by atoms with van der Waals surface area (Å²) in [5.41, 5.74) is 1.86. The topological polar surface area (TPSA) is 88.2 Å². The lowest BCUT2D eigenvalue weighted by Crippen LogP contribution is -2.38. The summed E-state index contributed by atoms with van der Waals surface area (Å²) in [6.45, 7) is 2.90. The van der Waals surface area contributed by atoms with Gasteiger partial charge in [-0.3, -0.25) is 9.59 Å². The third kappa shape index (κ3) is 4.11. The molecule has 1 saturated heterocycles. The Morgan fingerprint density at radius 2 is 1.96 bits per heavy atom. The third-order valence-electron chi connectivity index (χ3n) is 4.09. The van der Waals surface area contributed by atoms with Crippen molar-refractivity contribution in [3.63, 3.8) is 0 Å². The lowest BCUT2D eigenvalue weighted by molar-refractivity contribution is -0.135. The van der Waals surface area contributed by atoms with Crippen LogP contribution in [0.3, 0.4) is 0 Å². The number of nitrogens with zero attached hydrogens (tertiary/aromatic N) is 4. The van der Waals surface area contributed by atoms with E-state index in [4.69, 9.17) is 10.5 Å². The van der Waals surface area contributed by atoms with Crippen LogP contribution in [0.5, 0.6) is 0 Å². The summed E-state index contributed by atoms with van der Waals surface area (Å²) in [6, 6.07) is 11.7. The number of rotatable bonds is 6. The maximum atomic E-state index is 12.7. The van der Waals surface area contributed by atoms with Crippen LogP contribution in [0.4, 0.5) is 5.69 Å². The Labute approximate surface area is 141 Å². The second-order valence-corrected chi connectivity index (χ2v) is 5.89. The van der Waals surface area contributed by atoms with Crippen LogP contribution in [0.25, 0.3) is 0 Å². The fourth-order valence-corrected chi connectivity index (χ4v) is 2.88. The minimum absolute atomic E-state index is 0.0699. The Hall–Kier alpha value is -2.86. The molecule has 1 aromatic rings. The van der Waals surface area contributed by atoms with Gasteiger partial charge in [0, 0.05) is 31.7 Å². The molecule has 6 heteroatoms. The van der Waals surface area contributed by atoms with Gasteiger partial charge in [-0.05, 0) is 24.6 Å². The number of aryl methyl sites for hydroxylation is 1. The fourth-order valence-electron chi connectivity index (χ4n) is 2.88. The molecule has 124 valence electrons. The zero-order chi connectivity index (χ0) is 17.5. The summed E-state index contributed by atoms with van der Waals surface area (Å²) in [5.74, 6) is -0.640. The standard InChI is InChI=1S/C18H20N4O2/c1-14-5-2-6-16(11-14)22-13-15(12-17(22)23)18(24)21(9-3-7-19)10-4-8-20/h2,5-6,11,15H,3-4,9-10,12-13H2,1H3. The van der Waals surface area contributed by atoms with Crippen LogP contribution >= 0.6 is 0 Å². The van der Waals surface area contributed by atoms with Crippen LogP contribution < -0.4 is 4.90 Å². The van der Waals surface area contributed by atoms with Gasteiger partial charge in [0.2, 0.25) is 11.8 Å². The molecule has 1 aliphatic heterocycles. The number of amides is 2. The summed E-state index contributed by atoms with van der Waals surface area (Å²) in [4.78, 5) is 28.1. The normalized spacial score (nSPS) is 16.5. The van der Waals surface area contributed by atoms with Crippen molar-refractivity contribution in [2.45, 2.75) is 26.2 Å². The van der Waals surface area contributed by atoms with E-state index in [1.807, 2.05) is 43.3 Å². The number of nitriles is 2. The van der Waals surface area contributed by atoms with Gasteiger partial charge in [-0.15, -0.1) is 0 Å². The first-order valence-corrected chi connectivity index (χ1v) is 7.96. The van der Waals surface area contributed by atoms with Gasteiger partial charge in [0.05, 0.1) is 30.9 Å². The van der Waals surface area contributed by atoms with Crippen molar-refractivity contribution in [2.24, 2.45) is 5.92 Å². The van der Waals surface area contributed by atoms with Gasteiger partial charge in [-0.25, -0.2) is 0 Å². The number of benzene rings is 1. The minimum Gasteiger partial charge on any atom is -0.340 e. The monoisotopic (exact) mass is 324 g/mol. The van der Waals surface area contributed by atoms with Gasteiger partial charge in [-0.2, -0.15) is 10.5 Å². The Kier molecular flexibility index (Phi) is 5.92. The molecule has 0 saturated carbocycles. The second kappa shape index (κ2) is 8.12. The van der Waals surface area contributed by atoms with Crippen LogP contribution in [0.2, 0.25) is 0 Å². The molecule has 2 rings (SSSR count). The Morgan fingerprint density at radius 1 is 1.29 bits per heavy atom. The van der Waals surface area contributed by atoms with E-state index in [1.54, 1.807) is 4.90 Å². The first-order chi connectivity index (χ1) is 11.6. The maximum Gasteiger partial charge on any atom is 0.228 e. The van der Waals surface area contributed by atoms with E-state index in [0.717, 1.165) is 11.3 Å². The summed E-state index contributed by atoms with van der Waals surface area (Å²) < 4.78 is 0. The summed E-state index contributed by atoms with van der Waals surface area (Å²) in [6.07, 6.45) is 0.612. The molecule has 1 atom stereocenters. The molecule has 1 aromatic carbocycles. The zero-order valence-electron chi connectivity index (χ0n) is 13.7. The summed E-state index contributed by atoms with van der Waals surface area (Å²) in [5, 5.41) is 17.5. The number of anilines is 1. The van der Waals surface area contributed by atoms with Gasteiger partial charge in [0.25, 0.3) is 0 Å². The number of hydrogen-bond donors (Lipinski definition) is 0. The molecule has 24 heavy (non-hydrogen) atoms. The van der Waals surface area contributed by atoms with Crippen molar-refractivity contribution in [3.05, 3.63) is 29.8 Å². The molecule has 0 radical (unpaired) electrons. The minimum atomic E-state index is -0.421. The smallest absolute Gasteiger partial charge is 0.228 e. The molecule has 0 aromatic heterocycles. The Balaban J connectivity index is 2.09. The molecular weight excluding hydrogens is 304 g/mol. The maximum absolute atomic E-state index is 12.7. The van der Waals surface area contributed by atoms with Gasteiger partial charge >= 0.3 is 0 Å². The largest absolute Gasteiger partial charge is 0.340 e. The van der Waals surface area contributed by atoms with Gasteiger partial charge < -0.3 is 9.80 Å². The molecule has 2 amide bonds. The number of hydrogen-bond acceptors (Lipinski definition) is 4. The quantitative estimate of drug-likeness (QED) is 0.800. The predicted molar refractivity (Wildman–Crippen MR) is 88.7 cm³/mol. The van der Waals surface area contributed by atoms with Crippen LogP contribution in [0.15, 0.2) is 24.3 Å². The molecule has 1 aliphatic rings. The van der Waals surface area contributed by atoms with E-state index in [1.165, 1.54) is 4.90 Å². The molecule has 1 heterocycles. The van der Waals surface area contributed by atoms with Crippen molar-refractivity contribution in [2.75, 3.05) is 24.5 Å². The Bertz CT molecular complexity index is 684. The third-order valence-corrected chi connectivity index (χ3v) is 4.09. The van der Waals surface area contributed by atoms with E-state index < -0.39 is 5.92 Å². The van der Waals surface area contributed by atoms with Crippen molar-refractivity contribution in [1.29, 1.82) is 10.5 Å². The lowest BCUT2D eigenvalue weighted by Gasteiger charge is -2.24. The van der Waals surface area contributed by atoms with Gasteiger partial charge in [0.1, 0.15) is 0 Å². The summed E-state index contributed by atoms with van der Waals surface area (Å²) >= 11 is 0. The highest BCUT2D eigenvalue weighted by molar-refractivity contribution is 6.00. The fraction of sp³-hybridized carbons (Fsp3) is 0.444. The molecule has 1 fully saturated rings. The van der Waals surface area contributed by atoms with Crippen LogP contribution in [-0.4, -0.2) is 36.3 Å².